The lowest BCUT2D eigenvalue weighted by molar-refractivity contribution is 0.585. The summed E-state index contributed by atoms with van der Waals surface area (Å²) < 4.78 is 0. The summed E-state index contributed by atoms with van der Waals surface area (Å²) in [7, 11) is 0. The van der Waals surface area contributed by atoms with E-state index in [0.29, 0.717) is 0 Å². The summed E-state index contributed by atoms with van der Waals surface area (Å²) in [4.78, 5) is 2.60. The van der Waals surface area contributed by atoms with E-state index in [2.05, 4.69) is 285 Å². The molecular formula is C75H65N. The first-order valence-corrected chi connectivity index (χ1v) is 27.6. The molecule has 4 aliphatic carbocycles. The summed E-state index contributed by atoms with van der Waals surface area (Å²) >= 11 is 0. The second kappa shape index (κ2) is 16.5. The molecule has 0 saturated heterocycles. The molecule has 1 nitrogen and oxygen atoms in total. The van der Waals surface area contributed by atoms with E-state index in [1.54, 1.807) is 0 Å². The van der Waals surface area contributed by atoms with E-state index in [-0.39, 0.29) is 21.7 Å². The van der Waals surface area contributed by atoms with Crippen molar-refractivity contribution in [1.29, 1.82) is 0 Å². The van der Waals surface area contributed by atoms with Gasteiger partial charge in [-0.3, -0.25) is 0 Å². The lowest BCUT2D eigenvalue weighted by Gasteiger charge is -2.36. The lowest BCUT2D eigenvalue weighted by Crippen LogP contribution is -2.30. The quantitative estimate of drug-likeness (QED) is 0.160. The normalized spacial score (nSPS) is 16.8. The molecule has 1 unspecified atom stereocenters. The van der Waals surface area contributed by atoms with E-state index in [0.717, 1.165) is 24.2 Å². The Morgan fingerprint density at radius 3 is 1.58 bits per heavy atom. The van der Waals surface area contributed by atoms with Crippen molar-refractivity contribution >= 4 is 17.1 Å². The van der Waals surface area contributed by atoms with Crippen molar-refractivity contribution in [3.8, 4) is 44.5 Å². The zero-order valence-corrected chi connectivity index (χ0v) is 45.2. The molecule has 10 aromatic rings. The molecule has 0 N–H and O–H groups in total. The van der Waals surface area contributed by atoms with Gasteiger partial charge in [0.05, 0.1) is 11.1 Å². The van der Waals surface area contributed by atoms with Crippen LogP contribution >= 0.6 is 0 Å². The zero-order valence-electron chi connectivity index (χ0n) is 45.2. The number of aryl methyl sites for hydroxylation is 1. The van der Waals surface area contributed by atoms with E-state index in [1.165, 1.54) is 117 Å². The number of anilines is 3. The van der Waals surface area contributed by atoms with E-state index in [9.17, 15) is 0 Å². The largest absolute Gasteiger partial charge is 0.310 e. The van der Waals surface area contributed by atoms with E-state index < -0.39 is 5.41 Å². The van der Waals surface area contributed by atoms with Crippen molar-refractivity contribution in [2.45, 2.75) is 95.3 Å². The summed E-state index contributed by atoms with van der Waals surface area (Å²) in [5.74, 6) is 0. The Morgan fingerprint density at radius 2 is 0.895 bits per heavy atom. The third-order valence-electron chi connectivity index (χ3n) is 18.3. The summed E-state index contributed by atoms with van der Waals surface area (Å²) in [5, 5.41) is 0. The number of rotatable bonds is 6. The molecule has 0 amide bonds. The number of fused-ring (bicyclic) bond motifs is 13. The van der Waals surface area contributed by atoms with Crippen LogP contribution in [0.25, 0.3) is 44.5 Å². The Bertz CT molecular complexity index is 3940. The zero-order chi connectivity index (χ0) is 51.9. The predicted octanol–water partition coefficient (Wildman–Crippen LogP) is 19.3. The molecule has 1 spiro atoms. The Morgan fingerprint density at radius 1 is 0.382 bits per heavy atom. The van der Waals surface area contributed by atoms with Gasteiger partial charge in [-0.2, -0.15) is 0 Å². The second-order valence-electron chi connectivity index (χ2n) is 24.8. The van der Waals surface area contributed by atoms with Gasteiger partial charge >= 0.3 is 0 Å². The molecular weight excluding hydrogens is 915 g/mol. The SMILES string of the molecule is CC(C)(C)c1cccc(C2(c3cccc(C(C)(C)C)c3)c3ccccc3-c3c(N(c4ccc(-c5cccc6c5C(C)(C)c5ccccc5-6)cc4)c4ccc5c(c4)C4(CCc6ccccc64)c4ccccc4-5)cccc32)c1. The molecule has 14 rings (SSSR count). The molecule has 1 atom stereocenters. The number of hydrogen-bond donors (Lipinski definition) is 0. The van der Waals surface area contributed by atoms with Crippen molar-refractivity contribution in [3.63, 3.8) is 0 Å². The fraction of sp³-hybridized carbons (Fsp3) is 0.200. The first-order valence-electron chi connectivity index (χ1n) is 27.6. The van der Waals surface area contributed by atoms with Gasteiger partial charge in [0.25, 0.3) is 0 Å². The standard InChI is InChI=1S/C75H65N/c1-71(2,3)50-22-17-24-52(45-50)75(53-25-18-23-51(46-53)72(4,5)6)65-34-16-12-28-61(65)69-66(75)35-20-36-68(69)76(54-39-37-48(38-40-54)56-29-19-30-60-58-27-10-14-32-63(58)73(7,8)70(56)60)55-41-42-59-57-26-11-15-33-64(57)74(67(59)47-55)44-43-49-21-9-13-31-62(49)74/h9-42,45-47H,43-44H2,1-8H3. The van der Waals surface area contributed by atoms with Gasteiger partial charge in [-0.25, -0.2) is 0 Å². The first kappa shape index (κ1) is 46.5. The third-order valence-corrected chi connectivity index (χ3v) is 18.3. The van der Waals surface area contributed by atoms with Gasteiger partial charge in [0.2, 0.25) is 0 Å². The average Bonchev–Trinajstić information content (AvgIpc) is 4.34. The molecule has 4 aliphatic rings. The van der Waals surface area contributed by atoms with E-state index in [4.69, 9.17) is 0 Å². The Kier molecular flexibility index (Phi) is 10.1. The van der Waals surface area contributed by atoms with Gasteiger partial charge in [-0.05, 0) is 160 Å². The van der Waals surface area contributed by atoms with Crippen molar-refractivity contribution in [3.05, 3.63) is 291 Å². The van der Waals surface area contributed by atoms with Crippen LogP contribution in [-0.2, 0) is 33.5 Å². The Labute approximate surface area is 450 Å². The molecule has 0 fully saturated rings. The van der Waals surface area contributed by atoms with Crippen LogP contribution in [0.1, 0.15) is 129 Å². The maximum absolute atomic E-state index is 2.60. The summed E-state index contributed by atoms with van der Waals surface area (Å²) in [6, 6.07) is 86.8. The summed E-state index contributed by atoms with van der Waals surface area (Å²) in [5.41, 5.74) is 29.3. The van der Waals surface area contributed by atoms with Crippen molar-refractivity contribution in [2.24, 2.45) is 0 Å². The number of hydrogen-bond acceptors (Lipinski definition) is 1. The predicted molar refractivity (Wildman–Crippen MR) is 319 cm³/mol. The maximum atomic E-state index is 2.60. The monoisotopic (exact) mass is 980 g/mol. The highest BCUT2D eigenvalue weighted by Gasteiger charge is 2.50. The molecule has 0 bridgehead atoms. The van der Waals surface area contributed by atoms with Crippen LogP contribution in [0.5, 0.6) is 0 Å². The fourth-order valence-corrected chi connectivity index (χ4v) is 14.7. The highest BCUT2D eigenvalue weighted by molar-refractivity contribution is 5.99. The highest BCUT2D eigenvalue weighted by atomic mass is 15.1. The van der Waals surface area contributed by atoms with Crippen LogP contribution in [0.2, 0.25) is 0 Å². The summed E-state index contributed by atoms with van der Waals surface area (Å²) in [6.07, 6.45) is 2.11. The summed E-state index contributed by atoms with van der Waals surface area (Å²) in [6.45, 7) is 18.8. The first-order chi connectivity index (χ1) is 36.7. The van der Waals surface area contributed by atoms with Gasteiger partial charge in [-0.15, -0.1) is 0 Å². The molecule has 76 heavy (non-hydrogen) atoms. The van der Waals surface area contributed by atoms with Crippen LogP contribution in [0.4, 0.5) is 17.1 Å². The minimum absolute atomic E-state index is 0.0415. The highest BCUT2D eigenvalue weighted by Crippen LogP contribution is 2.63. The van der Waals surface area contributed by atoms with Gasteiger partial charge in [0.15, 0.2) is 0 Å². The van der Waals surface area contributed by atoms with E-state index >= 15 is 0 Å². The fourth-order valence-electron chi connectivity index (χ4n) is 14.7. The van der Waals surface area contributed by atoms with Crippen molar-refractivity contribution in [2.75, 3.05) is 4.90 Å². The van der Waals surface area contributed by atoms with Crippen LogP contribution in [0.3, 0.4) is 0 Å². The van der Waals surface area contributed by atoms with Crippen LogP contribution < -0.4 is 4.90 Å². The van der Waals surface area contributed by atoms with Gasteiger partial charge in [-0.1, -0.05) is 250 Å². The third kappa shape index (κ3) is 6.51. The lowest BCUT2D eigenvalue weighted by atomic mass is 9.66. The molecule has 0 saturated carbocycles. The van der Waals surface area contributed by atoms with Gasteiger partial charge in [0, 0.05) is 27.8 Å². The Balaban J connectivity index is 1.03. The minimum atomic E-state index is -0.602. The molecule has 0 aromatic heterocycles. The number of nitrogens with zero attached hydrogens (tertiary/aromatic N) is 1. The van der Waals surface area contributed by atoms with Crippen molar-refractivity contribution < 1.29 is 0 Å². The molecule has 10 aromatic carbocycles. The Hall–Kier alpha value is -8.00. The minimum Gasteiger partial charge on any atom is -0.310 e. The van der Waals surface area contributed by atoms with Crippen LogP contribution in [-0.4, -0.2) is 0 Å². The second-order valence-corrected chi connectivity index (χ2v) is 24.8. The van der Waals surface area contributed by atoms with Crippen LogP contribution in [0, 0.1) is 0 Å². The number of benzene rings is 10. The smallest absolute Gasteiger partial charge is 0.0714 e. The molecule has 0 aliphatic heterocycles. The molecule has 0 radical (unpaired) electrons. The van der Waals surface area contributed by atoms with Crippen LogP contribution in [0.15, 0.2) is 224 Å². The van der Waals surface area contributed by atoms with Crippen molar-refractivity contribution in [1.82, 2.24) is 0 Å². The van der Waals surface area contributed by atoms with Gasteiger partial charge in [0.1, 0.15) is 0 Å². The molecule has 370 valence electrons. The topological polar surface area (TPSA) is 3.24 Å². The van der Waals surface area contributed by atoms with Gasteiger partial charge < -0.3 is 4.90 Å². The molecule has 0 heterocycles. The average molecular weight is 980 g/mol. The molecule has 1 heteroatoms. The maximum Gasteiger partial charge on any atom is 0.0714 e. The van der Waals surface area contributed by atoms with E-state index in [1.807, 2.05) is 0 Å².